The van der Waals surface area contributed by atoms with E-state index in [9.17, 15) is 13.6 Å². The van der Waals surface area contributed by atoms with E-state index in [-0.39, 0.29) is 27.4 Å². The molecule has 9 heteroatoms. The first-order valence-electron chi connectivity index (χ1n) is 10.1. The Kier molecular flexibility index (Phi) is 8.53. The molecule has 0 unspecified atom stereocenters. The van der Waals surface area contributed by atoms with Gasteiger partial charge in [0.15, 0.2) is 0 Å². The SMILES string of the molecule is CCN(CC)/N=N/c1c(C#C[Si](C)(C)C)c(Cl)cc(C(=O)OC)c1-c1cc(F)cc(F)c1. The zero-order valence-electron chi connectivity index (χ0n) is 19.0. The fourth-order valence-corrected chi connectivity index (χ4v) is 3.57. The molecule has 170 valence electrons. The summed E-state index contributed by atoms with van der Waals surface area (Å²) in [6.07, 6.45) is 0. The molecule has 0 aliphatic rings. The third kappa shape index (κ3) is 6.37. The Hall–Kier alpha value is -2.76. The van der Waals surface area contributed by atoms with Crippen molar-refractivity contribution in [3.63, 3.8) is 0 Å². The number of benzene rings is 2. The van der Waals surface area contributed by atoms with Crippen LogP contribution in [0.5, 0.6) is 0 Å². The molecule has 0 N–H and O–H groups in total. The minimum absolute atomic E-state index is 0.00884. The Balaban J connectivity index is 3.01. The first kappa shape index (κ1) is 25.5. The predicted octanol–water partition coefficient (Wildman–Crippen LogP) is 6.64. The normalized spacial score (nSPS) is 11.3. The van der Waals surface area contributed by atoms with Crippen LogP contribution in [0, 0.1) is 23.1 Å². The zero-order valence-corrected chi connectivity index (χ0v) is 20.8. The molecule has 0 radical (unpaired) electrons. The van der Waals surface area contributed by atoms with Gasteiger partial charge in [0.25, 0.3) is 0 Å². The van der Waals surface area contributed by atoms with E-state index >= 15 is 0 Å². The van der Waals surface area contributed by atoms with Gasteiger partial charge in [-0.15, -0.1) is 10.7 Å². The highest BCUT2D eigenvalue weighted by Gasteiger charge is 2.24. The number of carbonyl (C=O) groups excluding carboxylic acids is 1. The predicted molar refractivity (Wildman–Crippen MR) is 126 cm³/mol. The van der Waals surface area contributed by atoms with Crippen molar-refractivity contribution < 1.29 is 18.3 Å². The molecule has 0 saturated carbocycles. The van der Waals surface area contributed by atoms with Crippen molar-refractivity contribution in [1.29, 1.82) is 0 Å². The van der Waals surface area contributed by atoms with Gasteiger partial charge >= 0.3 is 5.97 Å². The van der Waals surface area contributed by atoms with E-state index in [1.807, 2.05) is 13.8 Å². The Morgan fingerprint density at radius 3 is 2.22 bits per heavy atom. The van der Waals surface area contributed by atoms with E-state index in [1.165, 1.54) is 13.2 Å². The first-order valence-corrected chi connectivity index (χ1v) is 14.0. The van der Waals surface area contributed by atoms with Crippen LogP contribution >= 0.6 is 11.6 Å². The number of hydrogen-bond donors (Lipinski definition) is 0. The molecular formula is C23H26ClF2N3O2Si. The summed E-state index contributed by atoms with van der Waals surface area (Å²) in [5.41, 5.74) is 3.97. The fraction of sp³-hybridized carbons (Fsp3) is 0.348. The maximum Gasteiger partial charge on any atom is 0.338 e. The van der Waals surface area contributed by atoms with Crippen LogP contribution < -0.4 is 0 Å². The highest BCUT2D eigenvalue weighted by atomic mass is 35.5. The van der Waals surface area contributed by atoms with E-state index in [2.05, 4.69) is 41.4 Å². The summed E-state index contributed by atoms with van der Waals surface area (Å²) in [5, 5.41) is 10.4. The summed E-state index contributed by atoms with van der Waals surface area (Å²) in [6.45, 7) is 11.2. The Bertz CT molecular complexity index is 1080. The van der Waals surface area contributed by atoms with Crippen molar-refractivity contribution in [3.05, 3.63) is 52.0 Å². The number of hydrogen-bond acceptors (Lipinski definition) is 4. The molecule has 0 aliphatic carbocycles. The molecule has 5 nitrogen and oxygen atoms in total. The molecule has 0 fully saturated rings. The van der Waals surface area contributed by atoms with Gasteiger partial charge in [0.1, 0.15) is 25.4 Å². The lowest BCUT2D eigenvalue weighted by molar-refractivity contribution is 0.0601. The molecule has 0 heterocycles. The van der Waals surface area contributed by atoms with Crippen molar-refractivity contribution in [2.75, 3.05) is 20.2 Å². The summed E-state index contributed by atoms with van der Waals surface area (Å²) in [7, 11) is -0.605. The molecule has 2 aromatic rings. The summed E-state index contributed by atoms with van der Waals surface area (Å²) >= 11 is 6.51. The lowest BCUT2D eigenvalue weighted by Gasteiger charge is -2.16. The summed E-state index contributed by atoms with van der Waals surface area (Å²) in [4.78, 5) is 12.6. The third-order valence-corrected chi connectivity index (χ3v) is 5.55. The number of rotatable bonds is 6. The summed E-state index contributed by atoms with van der Waals surface area (Å²) in [5.74, 6) is 0.748. The molecule has 2 rings (SSSR count). The maximum absolute atomic E-state index is 14.1. The van der Waals surface area contributed by atoms with Crippen LogP contribution in [0.4, 0.5) is 14.5 Å². The van der Waals surface area contributed by atoms with Crippen molar-refractivity contribution in [2.45, 2.75) is 33.5 Å². The van der Waals surface area contributed by atoms with Crippen LogP contribution in [-0.4, -0.2) is 39.3 Å². The van der Waals surface area contributed by atoms with Gasteiger partial charge in [-0.2, -0.15) is 0 Å². The Labute approximate surface area is 193 Å². The van der Waals surface area contributed by atoms with Crippen LogP contribution in [0.25, 0.3) is 11.1 Å². The molecule has 0 amide bonds. The van der Waals surface area contributed by atoms with E-state index in [0.29, 0.717) is 18.7 Å². The number of esters is 1. The minimum atomic E-state index is -1.82. The zero-order chi connectivity index (χ0) is 24.1. The van der Waals surface area contributed by atoms with Gasteiger partial charge in [-0.3, -0.25) is 5.01 Å². The van der Waals surface area contributed by atoms with Crippen LogP contribution in [0.3, 0.4) is 0 Å². The second-order valence-electron chi connectivity index (χ2n) is 7.98. The smallest absolute Gasteiger partial charge is 0.338 e. The number of nitrogens with zero attached hydrogens (tertiary/aromatic N) is 3. The molecule has 0 aliphatic heterocycles. The topological polar surface area (TPSA) is 54.3 Å². The lowest BCUT2D eigenvalue weighted by Crippen LogP contribution is -2.16. The number of methoxy groups -OCH3 is 1. The van der Waals surface area contributed by atoms with Gasteiger partial charge in [0, 0.05) is 24.7 Å². The van der Waals surface area contributed by atoms with E-state index in [4.69, 9.17) is 16.3 Å². The summed E-state index contributed by atoms with van der Waals surface area (Å²) < 4.78 is 33.1. The van der Waals surface area contributed by atoms with Crippen LogP contribution in [0.1, 0.15) is 29.8 Å². The van der Waals surface area contributed by atoms with E-state index in [0.717, 1.165) is 18.2 Å². The van der Waals surface area contributed by atoms with Crippen molar-refractivity contribution in [3.8, 4) is 22.6 Å². The Morgan fingerprint density at radius 2 is 1.72 bits per heavy atom. The van der Waals surface area contributed by atoms with Gasteiger partial charge in [-0.05, 0) is 37.6 Å². The summed E-state index contributed by atoms with van der Waals surface area (Å²) in [6, 6.07) is 4.37. The van der Waals surface area contributed by atoms with Gasteiger partial charge in [0.05, 0.1) is 23.3 Å². The highest BCUT2D eigenvalue weighted by Crippen LogP contribution is 2.41. The minimum Gasteiger partial charge on any atom is -0.465 e. The number of halogens is 3. The van der Waals surface area contributed by atoms with Gasteiger partial charge in [-0.25, -0.2) is 13.6 Å². The van der Waals surface area contributed by atoms with Crippen molar-refractivity contribution in [1.82, 2.24) is 5.01 Å². The second-order valence-corrected chi connectivity index (χ2v) is 13.1. The van der Waals surface area contributed by atoms with Crippen LogP contribution in [0.15, 0.2) is 34.6 Å². The van der Waals surface area contributed by atoms with Crippen molar-refractivity contribution in [2.24, 2.45) is 10.3 Å². The Morgan fingerprint density at radius 1 is 1.12 bits per heavy atom. The van der Waals surface area contributed by atoms with Crippen LogP contribution in [-0.2, 0) is 4.74 Å². The monoisotopic (exact) mass is 477 g/mol. The molecule has 0 saturated heterocycles. The number of carbonyl (C=O) groups is 1. The van der Waals surface area contributed by atoms with Crippen molar-refractivity contribution >= 4 is 31.3 Å². The highest BCUT2D eigenvalue weighted by molar-refractivity contribution is 6.83. The van der Waals surface area contributed by atoms with Gasteiger partial charge in [-0.1, -0.05) is 42.4 Å². The maximum atomic E-state index is 14.1. The fourth-order valence-electron chi connectivity index (χ4n) is 2.83. The largest absolute Gasteiger partial charge is 0.465 e. The third-order valence-electron chi connectivity index (χ3n) is 4.37. The molecule has 0 aromatic heterocycles. The number of ether oxygens (including phenoxy) is 1. The average Bonchev–Trinajstić information content (AvgIpc) is 2.71. The molecule has 2 aromatic carbocycles. The molecule has 0 atom stereocenters. The van der Waals surface area contributed by atoms with Crippen LogP contribution in [0.2, 0.25) is 24.7 Å². The molecular weight excluding hydrogens is 452 g/mol. The molecule has 0 spiro atoms. The standard InChI is InChI=1S/C23H26ClF2N3O2Si/c1-7-29(8-2)28-27-22-18(9-10-32(4,5)6)20(24)14-19(23(30)31-3)21(22)15-11-16(25)13-17(26)12-15/h11-14H,7-8H2,1-6H3/b28-27+. The average molecular weight is 478 g/mol. The molecule has 32 heavy (non-hydrogen) atoms. The van der Waals surface area contributed by atoms with Gasteiger partial charge in [0.2, 0.25) is 0 Å². The van der Waals surface area contributed by atoms with E-state index < -0.39 is 25.7 Å². The van der Waals surface area contributed by atoms with E-state index in [1.54, 1.807) is 5.01 Å². The second kappa shape index (κ2) is 10.7. The van der Waals surface area contributed by atoms with Gasteiger partial charge < -0.3 is 4.74 Å². The quantitative estimate of drug-likeness (QED) is 0.154. The molecule has 0 bridgehead atoms. The lowest BCUT2D eigenvalue weighted by atomic mass is 9.94. The first-order chi connectivity index (χ1) is 15.0.